The molecular weight excluding hydrogens is 414 g/mol. The van der Waals surface area contributed by atoms with Gasteiger partial charge in [-0.15, -0.1) is 32.9 Å². The van der Waals surface area contributed by atoms with E-state index in [1.54, 1.807) is 36.9 Å². The topological polar surface area (TPSA) is 88.1 Å². The van der Waals surface area contributed by atoms with Crippen molar-refractivity contribution >= 4 is 34.4 Å². The van der Waals surface area contributed by atoms with E-state index in [0.29, 0.717) is 28.2 Å². The van der Waals surface area contributed by atoms with Crippen LogP contribution in [0, 0.1) is 0 Å². The molecule has 0 amide bonds. The first-order valence-electron chi connectivity index (χ1n) is 8.23. The SMILES string of the molecule is COc1ccc(-c2nnc(SCc3csc(-c4cccs4)n3)n2N)cc1OC. The molecule has 0 saturated carbocycles. The van der Waals surface area contributed by atoms with Crippen molar-refractivity contribution in [2.45, 2.75) is 10.9 Å². The molecule has 4 rings (SSSR count). The Labute approximate surface area is 174 Å². The van der Waals surface area contributed by atoms with Crippen LogP contribution >= 0.6 is 34.4 Å². The lowest BCUT2D eigenvalue weighted by atomic mass is 10.2. The molecule has 0 fully saturated rings. The minimum Gasteiger partial charge on any atom is -0.493 e. The fourth-order valence-corrected chi connectivity index (χ4v) is 5.06. The first kappa shape index (κ1) is 18.8. The van der Waals surface area contributed by atoms with Gasteiger partial charge in [0.2, 0.25) is 5.16 Å². The summed E-state index contributed by atoms with van der Waals surface area (Å²) in [6, 6.07) is 9.62. The van der Waals surface area contributed by atoms with Gasteiger partial charge in [0.15, 0.2) is 17.3 Å². The minimum atomic E-state index is 0.556. The Morgan fingerprint density at radius 2 is 1.96 bits per heavy atom. The molecular formula is C18H17N5O2S3. The van der Waals surface area contributed by atoms with Gasteiger partial charge in [-0.25, -0.2) is 9.66 Å². The quantitative estimate of drug-likeness (QED) is 0.347. The van der Waals surface area contributed by atoms with Crippen LogP contribution in [-0.2, 0) is 5.75 Å². The second-order valence-corrected chi connectivity index (χ2v) is 8.40. The molecule has 144 valence electrons. The lowest BCUT2D eigenvalue weighted by Gasteiger charge is -2.09. The maximum absolute atomic E-state index is 6.23. The Balaban J connectivity index is 1.50. The highest BCUT2D eigenvalue weighted by atomic mass is 32.2. The third-order valence-electron chi connectivity index (χ3n) is 3.94. The van der Waals surface area contributed by atoms with Crippen molar-refractivity contribution in [1.82, 2.24) is 19.9 Å². The molecule has 7 nitrogen and oxygen atoms in total. The Morgan fingerprint density at radius 3 is 2.71 bits per heavy atom. The number of ether oxygens (including phenoxy) is 2. The maximum atomic E-state index is 6.23. The molecule has 0 radical (unpaired) electrons. The van der Waals surface area contributed by atoms with Crippen molar-refractivity contribution < 1.29 is 9.47 Å². The van der Waals surface area contributed by atoms with Gasteiger partial charge in [-0.3, -0.25) is 0 Å². The second kappa shape index (κ2) is 8.21. The molecule has 0 unspecified atom stereocenters. The molecule has 28 heavy (non-hydrogen) atoms. The van der Waals surface area contributed by atoms with E-state index in [1.807, 2.05) is 24.3 Å². The van der Waals surface area contributed by atoms with Crippen LogP contribution in [0.4, 0.5) is 0 Å². The van der Waals surface area contributed by atoms with E-state index < -0.39 is 0 Å². The molecule has 0 aliphatic rings. The highest BCUT2D eigenvalue weighted by Crippen LogP contribution is 2.33. The third-order valence-corrected chi connectivity index (χ3v) is 6.85. The van der Waals surface area contributed by atoms with E-state index in [-0.39, 0.29) is 0 Å². The van der Waals surface area contributed by atoms with E-state index in [1.165, 1.54) is 21.3 Å². The summed E-state index contributed by atoms with van der Waals surface area (Å²) < 4.78 is 12.1. The smallest absolute Gasteiger partial charge is 0.210 e. The van der Waals surface area contributed by atoms with Crippen molar-refractivity contribution in [2.24, 2.45) is 0 Å². The molecule has 4 aromatic rings. The molecule has 3 aromatic heterocycles. The number of nitrogens with zero attached hydrogens (tertiary/aromatic N) is 4. The number of thiophene rings is 1. The summed E-state index contributed by atoms with van der Waals surface area (Å²) >= 11 is 4.83. The van der Waals surface area contributed by atoms with E-state index in [2.05, 4.69) is 32.0 Å². The normalized spacial score (nSPS) is 10.9. The molecule has 1 aromatic carbocycles. The highest BCUT2D eigenvalue weighted by molar-refractivity contribution is 7.98. The summed E-state index contributed by atoms with van der Waals surface area (Å²) in [5, 5.41) is 14.2. The third kappa shape index (κ3) is 3.71. The lowest BCUT2D eigenvalue weighted by molar-refractivity contribution is 0.355. The average Bonchev–Trinajstić information content (AvgIpc) is 3.47. The molecule has 0 atom stereocenters. The summed E-state index contributed by atoms with van der Waals surface area (Å²) in [7, 11) is 3.19. The predicted molar refractivity (Wildman–Crippen MR) is 114 cm³/mol. The number of nitrogen functional groups attached to an aromatic ring is 1. The molecule has 2 N–H and O–H groups in total. The van der Waals surface area contributed by atoms with Crippen LogP contribution in [-0.4, -0.2) is 34.1 Å². The number of rotatable bonds is 7. The van der Waals surface area contributed by atoms with Crippen LogP contribution in [0.1, 0.15) is 5.69 Å². The van der Waals surface area contributed by atoms with Crippen molar-refractivity contribution in [1.29, 1.82) is 0 Å². The standard InChI is InChI=1S/C18H17N5O2S3/c1-24-13-6-5-11(8-14(13)25-2)16-21-22-18(23(16)19)28-10-12-9-27-17(20-12)15-4-3-7-26-15/h3-9H,10,19H2,1-2H3. The summed E-state index contributed by atoms with van der Waals surface area (Å²) in [5.74, 6) is 8.71. The summed E-state index contributed by atoms with van der Waals surface area (Å²) in [4.78, 5) is 5.86. The Bertz CT molecular complexity index is 1080. The van der Waals surface area contributed by atoms with Gasteiger partial charge >= 0.3 is 0 Å². The molecule has 0 aliphatic heterocycles. The number of nitrogens with two attached hydrogens (primary N) is 1. The van der Waals surface area contributed by atoms with Gasteiger partial charge in [-0.1, -0.05) is 17.8 Å². The largest absolute Gasteiger partial charge is 0.493 e. The first-order valence-corrected chi connectivity index (χ1v) is 11.0. The molecule has 0 saturated heterocycles. The van der Waals surface area contributed by atoms with Crippen molar-refractivity contribution in [3.63, 3.8) is 0 Å². The molecule has 0 spiro atoms. The fourth-order valence-electron chi connectivity index (χ4n) is 2.57. The number of benzene rings is 1. The van der Waals surface area contributed by atoms with E-state index >= 15 is 0 Å². The van der Waals surface area contributed by atoms with Gasteiger partial charge < -0.3 is 15.3 Å². The number of methoxy groups -OCH3 is 2. The van der Waals surface area contributed by atoms with Crippen LogP contribution < -0.4 is 15.3 Å². The van der Waals surface area contributed by atoms with Crippen LogP contribution in [0.2, 0.25) is 0 Å². The Morgan fingerprint density at radius 1 is 1.11 bits per heavy atom. The van der Waals surface area contributed by atoms with Gasteiger partial charge in [-0.2, -0.15) is 0 Å². The zero-order valence-corrected chi connectivity index (χ0v) is 17.6. The zero-order valence-electron chi connectivity index (χ0n) is 15.2. The summed E-state index contributed by atoms with van der Waals surface area (Å²) in [5.41, 5.74) is 1.79. The predicted octanol–water partition coefficient (Wildman–Crippen LogP) is 4.15. The van der Waals surface area contributed by atoms with Gasteiger partial charge in [-0.05, 0) is 29.6 Å². The van der Waals surface area contributed by atoms with Crippen molar-refractivity contribution in [3.8, 4) is 32.8 Å². The van der Waals surface area contributed by atoms with E-state index in [9.17, 15) is 0 Å². The van der Waals surface area contributed by atoms with Gasteiger partial charge in [0.05, 0.1) is 24.8 Å². The molecule has 10 heteroatoms. The molecule has 0 bridgehead atoms. The van der Waals surface area contributed by atoms with Crippen LogP contribution in [0.15, 0.2) is 46.2 Å². The van der Waals surface area contributed by atoms with Gasteiger partial charge in [0, 0.05) is 16.7 Å². The Kier molecular flexibility index (Phi) is 5.51. The summed E-state index contributed by atoms with van der Waals surface area (Å²) in [6.45, 7) is 0. The Hall–Kier alpha value is -2.56. The van der Waals surface area contributed by atoms with Crippen LogP contribution in [0.25, 0.3) is 21.3 Å². The van der Waals surface area contributed by atoms with Crippen molar-refractivity contribution in [2.75, 3.05) is 20.1 Å². The van der Waals surface area contributed by atoms with Crippen LogP contribution in [0.3, 0.4) is 0 Å². The number of thioether (sulfide) groups is 1. The number of hydrogen-bond donors (Lipinski definition) is 1. The second-order valence-electron chi connectivity index (χ2n) is 5.66. The zero-order chi connectivity index (χ0) is 19.5. The van der Waals surface area contributed by atoms with Gasteiger partial charge in [0.25, 0.3) is 0 Å². The van der Waals surface area contributed by atoms with Crippen LogP contribution in [0.5, 0.6) is 11.5 Å². The highest BCUT2D eigenvalue weighted by Gasteiger charge is 2.15. The molecule has 0 aliphatic carbocycles. The number of aromatic nitrogens is 4. The van der Waals surface area contributed by atoms with Crippen molar-refractivity contribution in [3.05, 3.63) is 46.8 Å². The fraction of sp³-hybridized carbons (Fsp3) is 0.167. The average molecular weight is 432 g/mol. The molecule has 3 heterocycles. The number of thiazole rings is 1. The van der Waals surface area contributed by atoms with E-state index in [4.69, 9.17) is 15.3 Å². The monoisotopic (exact) mass is 431 g/mol. The first-order chi connectivity index (χ1) is 13.7. The number of hydrogen-bond acceptors (Lipinski definition) is 9. The maximum Gasteiger partial charge on any atom is 0.210 e. The summed E-state index contributed by atoms with van der Waals surface area (Å²) in [6.07, 6.45) is 0. The lowest BCUT2D eigenvalue weighted by Crippen LogP contribution is -2.11. The van der Waals surface area contributed by atoms with Gasteiger partial charge in [0.1, 0.15) is 5.01 Å². The minimum absolute atomic E-state index is 0.556. The van der Waals surface area contributed by atoms with E-state index in [0.717, 1.165) is 16.3 Å².